The minimum absolute atomic E-state index is 0.0435. The molecule has 0 radical (unpaired) electrons. The zero-order valence-electron chi connectivity index (χ0n) is 17.3. The van der Waals surface area contributed by atoms with Crippen LogP contribution in [0.4, 0.5) is 5.69 Å². The average Bonchev–Trinajstić information content (AvgIpc) is 3.39. The molecule has 0 spiro atoms. The van der Waals surface area contributed by atoms with Gasteiger partial charge in [-0.1, -0.05) is 23.7 Å². The highest BCUT2D eigenvalue weighted by Gasteiger charge is 2.21. The maximum Gasteiger partial charge on any atom is 0.224 e. The monoisotopic (exact) mass is 464 g/mol. The molecule has 3 nitrogen and oxygen atoms in total. The van der Waals surface area contributed by atoms with Crippen LogP contribution in [0.2, 0.25) is 5.02 Å². The minimum atomic E-state index is 0.0435. The van der Waals surface area contributed by atoms with Gasteiger partial charge in [0.1, 0.15) is 0 Å². The maximum absolute atomic E-state index is 12.4. The number of rotatable bonds is 2. The zero-order valence-corrected chi connectivity index (χ0v) is 19.7. The molecule has 0 saturated carbocycles. The Hall–Kier alpha value is -2.47. The Balaban J connectivity index is 1.50. The fourth-order valence-corrected chi connectivity index (χ4v) is 5.94. The van der Waals surface area contributed by atoms with E-state index in [1.54, 1.807) is 29.6 Å². The number of aromatic nitrogens is 1. The van der Waals surface area contributed by atoms with Crippen molar-refractivity contribution in [2.75, 3.05) is 4.90 Å². The lowest BCUT2D eigenvalue weighted by Gasteiger charge is -2.28. The van der Waals surface area contributed by atoms with Crippen LogP contribution in [-0.2, 0) is 24.2 Å². The number of halogens is 1. The van der Waals surface area contributed by atoms with Gasteiger partial charge in [0, 0.05) is 27.9 Å². The van der Waals surface area contributed by atoms with E-state index in [4.69, 9.17) is 11.6 Å². The molecule has 0 bridgehead atoms. The highest BCUT2D eigenvalue weighted by Crippen LogP contribution is 2.37. The first-order valence-electron chi connectivity index (χ1n) is 10.2. The lowest BCUT2D eigenvalue weighted by Crippen LogP contribution is -2.30. The van der Waals surface area contributed by atoms with Crippen molar-refractivity contribution in [1.29, 1.82) is 0 Å². The predicted molar refractivity (Wildman–Crippen MR) is 131 cm³/mol. The van der Waals surface area contributed by atoms with Crippen molar-refractivity contribution >= 4 is 45.9 Å². The molecule has 3 heterocycles. The molecule has 2 aromatic heterocycles. The third-order valence-electron chi connectivity index (χ3n) is 5.67. The van der Waals surface area contributed by atoms with Crippen LogP contribution in [-0.4, -0.2) is 10.9 Å². The van der Waals surface area contributed by atoms with Crippen LogP contribution >= 0.6 is 34.3 Å². The van der Waals surface area contributed by atoms with Crippen LogP contribution in [0.1, 0.15) is 28.6 Å². The number of carbonyl (C=O) groups is 1. The van der Waals surface area contributed by atoms with Gasteiger partial charge in [0.2, 0.25) is 5.91 Å². The van der Waals surface area contributed by atoms with Crippen LogP contribution in [0.15, 0.2) is 53.9 Å². The van der Waals surface area contributed by atoms with Gasteiger partial charge in [0.05, 0.1) is 22.1 Å². The minimum Gasteiger partial charge on any atom is -0.308 e. The molecule has 1 aliphatic heterocycles. The number of thiophene rings is 1. The Morgan fingerprint density at radius 3 is 2.58 bits per heavy atom. The zero-order chi connectivity index (χ0) is 21.5. The van der Waals surface area contributed by atoms with E-state index >= 15 is 0 Å². The summed E-state index contributed by atoms with van der Waals surface area (Å²) in [5.74, 6) is 0.0435. The van der Waals surface area contributed by atoms with Gasteiger partial charge in [0.15, 0.2) is 0 Å². The molecule has 0 fully saturated rings. The Bertz CT molecular complexity index is 1290. The van der Waals surface area contributed by atoms with Gasteiger partial charge in [-0.2, -0.15) is 0 Å². The van der Waals surface area contributed by atoms with Crippen molar-refractivity contribution in [3.05, 3.63) is 80.6 Å². The lowest BCUT2D eigenvalue weighted by molar-refractivity contribution is -0.116. The van der Waals surface area contributed by atoms with Gasteiger partial charge in [-0.25, -0.2) is 4.98 Å². The first kappa shape index (κ1) is 20.4. The summed E-state index contributed by atoms with van der Waals surface area (Å²) in [6, 6.07) is 16.8. The van der Waals surface area contributed by atoms with Crippen LogP contribution in [0.25, 0.3) is 21.0 Å². The third-order valence-corrected chi connectivity index (χ3v) is 7.84. The van der Waals surface area contributed by atoms with E-state index in [-0.39, 0.29) is 5.91 Å². The van der Waals surface area contributed by atoms with E-state index in [0.29, 0.717) is 11.6 Å². The third kappa shape index (κ3) is 4.05. The molecular weight excluding hydrogens is 444 g/mol. The second kappa shape index (κ2) is 8.23. The quantitative estimate of drug-likeness (QED) is 0.315. The number of benzene rings is 2. The Kier molecular flexibility index (Phi) is 5.42. The number of carbonyl (C=O) groups excluding carboxylic acids is 1. The smallest absolute Gasteiger partial charge is 0.224 e. The van der Waals surface area contributed by atoms with Crippen LogP contribution in [0.5, 0.6) is 0 Å². The lowest BCUT2D eigenvalue weighted by atomic mass is 9.93. The molecule has 0 N–H and O–H groups in total. The average molecular weight is 465 g/mol. The molecule has 0 atom stereocenters. The normalized spacial score (nSPS) is 13.3. The van der Waals surface area contributed by atoms with Crippen molar-refractivity contribution in [2.24, 2.45) is 0 Å². The van der Waals surface area contributed by atoms with Gasteiger partial charge in [-0.15, -0.1) is 22.7 Å². The number of nitrogens with zero attached hydrogens (tertiary/aromatic N) is 2. The number of fused-ring (bicyclic) bond motifs is 2. The fraction of sp³-hybridized carbons (Fsp3) is 0.200. The second-order valence-electron chi connectivity index (χ2n) is 7.78. The number of thiazole rings is 1. The Morgan fingerprint density at radius 1 is 1.00 bits per heavy atom. The summed E-state index contributed by atoms with van der Waals surface area (Å²) in [6.45, 7) is 4.24. The summed E-state index contributed by atoms with van der Waals surface area (Å²) in [4.78, 5) is 21.3. The van der Waals surface area contributed by atoms with Crippen molar-refractivity contribution in [3.63, 3.8) is 0 Å². The summed E-state index contributed by atoms with van der Waals surface area (Å²) < 4.78 is 0. The molecule has 1 amide bonds. The molecule has 31 heavy (non-hydrogen) atoms. The summed E-state index contributed by atoms with van der Waals surface area (Å²) >= 11 is 9.70. The topological polar surface area (TPSA) is 33.2 Å². The van der Waals surface area contributed by atoms with E-state index in [1.165, 1.54) is 26.4 Å². The van der Waals surface area contributed by atoms with Crippen LogP contribution in [0, 0.1) is 6.92 Å². The van der Waals surface area contributed by atoms with Crippen molar-refractivity contribution in [1.82, 2.24) is 4.98 Å². The van der Waals surface area contributed by atoms with Crippen LogP contribution < -0.4 is 4.90 Å². The van der Waals surface area contributed by atoms with E-state index in [2.05, 4.69) is 40.7 Å². The van der Waals surface area contributed by atoms with Crippen LogP contribution in [0.3, 0.4) is 0 Å². The molecule has 0 aliphatic carbocycles. The molecule has 0 unspecified atom stereocenters. The van der Waals surface area contributed by atoms with E-state index in [1.807, 2.05) is 30.0 Å². The van der Waals surface area contributed by atoms with Gasteiger partial charge in [0.25, 0.3) is 0 Å². The number of hydrogen-bond acceptors (Lipinski definition) is 4. The number of anilines is 1. The van der Waals surface area contributed by atoms with E-state index < -0.39 is 0 Å². The molecule has 0 saturated heterocycles. The van der Waals surface area contributed by atoms with E-state index in [9.17, 15) is 4.79 Å². The summed E-state index contributed by atoms with van der Waals surface area (Å²) in [6.07, 6.45) is 1.77. The molecule has 156 valence electrons. The Morgan fingerprint density at radius 2 is 1.81 bits per heavy atom. The molecule has 2 aromatic carbocycles. The first-order valence-corrected chi connectivity index (χ1v) is 12.3. The number of hydrogen-bond donors (Lipinski definition) is 0. The second-order valence-corrected chi connectivity index (χ2v) is 10.4. The van der Waals surface area contributed by atoms with Crippen molar-refractivity contribution in [2.45, 2.75) is 33.2 Å². The highest BCUT2D eigenvalue weighted by molar-refractivity contribution is 7.19. The molecular formula is C25H21ClN2OS2. The molecule has 5 rings (SSSR count). The molecule has 6 heteroatoms. The standard InChI is InChI=1S/C25H21ClN2OS2/c1-15-27-22(14-30-15)25-10-9-24(31-25)19-5-6-20-13-28(16(2)29)23-8-7-21(26)12-18(23)4-3-17(20)11-19/h5-12,14H,3-4,13H2,1-2H3. The van der Waals surface area contributed by atoms with Crippen molar-refractivity contribution in [3.8, 4) is 21.0 Å². The van der Waals surface area contributed by atoms with E-state index in [0.717, 1.165) is 34.8 Å². The first-order chi connectivity index (χ1) is 15.0. The molecule has 4 aromatic rings. The number of aryl methyl sites for hydroxylation is 3. The fourth-order valence-electron chi connectivity index (χ4n) is 4.10. The largest absolute Gasteiger partial charge is 0.308 e. The maximum atomic E-state index is 12.4. The predicted octanol–water partition coefficient (Wildman–Crippen LogP) is 7.15. The van der Waals surface area contributed by atoms with Crippen molar-refractivity contribution < 1.29 is 4.79 Å². The van der Waals surface area contributed by atoms with Gasteiger partial charge in [-0.05, 0) is 78.4 Å². The summed E-state index contributed by atoms with van der Waals surface area (Å²) in [5.41, 5.74) is 6.84. The van der Waals surface area contributed by atoms with Gasteiger partial charge < -0.3 is 4.90 Å². The van der Waals surface area contributed by atoms with Gasteiger partial charge in [-0.3, -0.25) is 4.79 Å². The molecule has 1 aliphatic rings. The summed E-state index contributed by atoms with van der Waals surface area (Å²) in [7, 11) is 0. The SMILES string of the molecule is CC(=O)N1Cc2ccc(-c3ccc(-c4csc(C)n4)s3)cc2CCc2cc(Cl)ccc21. The summed E-state index contributed by atoms with van der Waals surface area (Å²) in [5, 5.41) is 3.91. The number of amides is 1. The highest BCUT2D eigenvalue weighted by atomic mass is 35.5. The van der Waals surface area contributed by atoms with Gasteiger partial charge >= 0.3 is 0 Å². The Labute approximate surface area is 195 Å².